The Kier molecular flexibility index (Phi) is 5.50. The molecule has 3 N–H and O–H groups in total. The molecule has 2 atom stereocenters. The van der Waals surface area contributed by atoms with Crippen LogP contribution < -0.4 is 5.73 Å². The topological polar surface area (TPSA) is 83.6 Å². The average molecular weight is 258 g/mol. The minimum absolute atomic E-state index is 0.258. The first-order valence-corrected chi connectivity index (χ1v) is 6.71. The number of nitrogens with two attached hydrogens (primary N) is 1. The molecule has 96 valence electrons. The Morgan fingerprint density at radius 3 is 2.94 bits per heavy atom. The molecule has 0 aromatic rings. The highest BCUT2D eigenvalue weighted by molar-refractivity contribution is 7.99. The summed E-state index contributed by atoms with van der Waals surface area (Å²) in [6.45, 7) is 4.08. The smallest absolute Gasteiger partial charge is 0.326 e. The van der Waals surface area contributed by atoms with Gasteiger partial charge in [0.2, 0.25) is 5.91 Å². The zero-order valence-corrected chi connectivity index (χ0v) is 10.5. The van der Waals surface area contributed by atoms with Gasteiger partial charge in [0.1, 0.15) is 6.04 Å². The van der Waals surface area contributed by atoms with Crippen LogP contribution in [0.15, 0.2) is 12.7 Å². The van der Waals surface area contributed by atoms with Crippen LogP contribution in [0.4, 0.5) is 0 Å². The van der Waals surface area contributed by atoms with E-state index in [0.717, 1.165) is 12.2 Å². The van der Waals surface area contributed by atoms with Gasteiger partial charge in [0.15, 0.2) is 0 Å². The lowest BCUT2D eigenvalue weighted by Gasteiger charge is -2.24. The van der Waals surface area contributed by atoms with Gasteiger partial charge in [-0.15, -0.1) is 6.58 Å². The molecular formula is C11H18N2O3S. The highest BCUT2D eigenvalue weighted by atomic mass is 32.2. The summed E-state index contributed by atoms with van der Waals surface area (Å²) in [5.41, 5.74) is 5.76. The minimum Gasteiger partial charge on any atom is -0.480 e. The standard InChI is InChI=1S/C11H18N2O3S/c1-2-6-17-7-8(12)10(14)13-5-3-4-9(13)11(15)16/h2,8-9H,1,3-7,12H2,(H,15,16)/t8-,9-/m0/s1. The Bertz CT molecular complexity index is 309. The second-order valence-electron chi connectivity index (χ2n) is 3.96. The van der Waals surface area contributed by atoms with Crippen LogP contribution in [0.25, 0.3) is 0 Å². The summed E-state index contributed by atoms with van der Waals surface area (Å²) in [5.74, 6) is 0.0325. The van der Waals surface area contributed by atoms with E-state index in [1.807, 2.05) is 0 Å². The molecule has 0 bridgehead atoms. The van der Waals surface area contributed by atoms with Crippen LogP contribution in [0.1, 0.15) is 12.8 Å². The van der Waals surface area contributed by atoms with Crippen molar-refractivity contribution in [1.82, 2.24) is 4.90 Å². The van der Waals surface area contributed by atoms with E-state index in [9.17, 15) is 9.59 Å². The van der Waals surface area contributed by atoms with Crippen LogP contribution in [-0.4, -0.2) is 52.0 Å². The van der Waals surface area contributed by atoms with Gasteiger partial charge in [-0.1, -0.05) is 6.08 Å². The average Bonchev–Trinajstić information content (AvgIpc) is 2.77. The van der Waals surface area contributed by atoms with E-state index in [2.05, 4.69) is 6.58 Å². The molecule has 0 aromatic carbocycles. The fraction of sp³-hybridized carbons (Fsp3) is 0.636. The number of likely N-dealkylation sites (tertiary alicyclic amines) is 1. The van der Waals surface area contributed by atoms with Gasteiger partial charge in [-0.05, 0) is 12.8 Å². The van der Waals surface area contributed by atoms with Crippen molar-refractivity contribution in [2.24, 2.45) is 5.73 Å². The van der Waals surface area contributed by atoms with Crippen LogP contribution >= 0.6 is 11.8 Å². The molecule has 17 heavy (non-hydrogen) atoms. The molecule has 0 unspecified atom stereocenters. The highest BCUT2D eigenvalue weighted by Gasteiger charge is 2.35. The minimum atomic E-state index is -0.943. The van der Waals surface area contributed by atoms with Gasteiger partial charge in [0.05, 0.1) is 6.04 Å². The maximum atomic E-state index is 12.0. The molecule has 1 aliphatic rings. The summed E-state index contributed by atoms with van der Waals surface area (Å²) >= 11 is 1.52. The van der Waals surface area contributed by atoms with Crippen LogP contribution in [0.3, 0.4) is 0 Å². The van der Waals surface area contributed by atoms with Gasteiger partial charge in [0, 0.05) is 18.1 Å². The van der Waals surface area contributed by atoms with Crippen molar-refractivity contribution >= 4 is 23.6 Å². The molecule has 0 saturated carbocycles. The third kappa shape index (κ3) is 3.74. The number of hydrogen-bond donors (Lipinski definition) is 2. The van der Waals surface area contributed by atoms with Crippen molar-refractivity contribution in [3.05, 3.63) is 12.7 Å². The number of nitrogens with zero attached hydrogens (tertiary/aromatic N) is 1. The molecule has 0 aromatic heterocycles. The van der Waals surface area contributed by atoms with Crippen LogP contribution in [-0.2, 0) is 9.59 Å². The number of thioether (sulfide) groups is 1. The molecule has 0 aliphatic carbocycles. The van der Waals surface area contributed by atoms with Crippen molar-refractivity contribution in [3.8, 4) is 0 Å². The fourth-order valence-electron chi connectivity index (χ4n) is 1.85. The van der Waals surface area contributed by atoms with E-state index in [1.54, 1.807) is 6.08 Å². The number of hydrogen-bond acceptors (Lipinski definition) is 4. The molecular weight excluding hydrogens is 240 g/mol. The van der Waals surface area contributed by atoms with Crippen LogP contribution in [0, 0.1) is 0 Å². The Morgan fingerprint density at radius 2 is 2.35 bits per heavy atom. The quantitative estimate of drug-likeness (QED) is 0.529. The molecule has 1 heterocycles. The molecule has 0 spiro atoms. The zero-order chi connectivity index (χ0) is 12.8. The summed E-state index contributed by atoms with van der Waals surface area (Å²) in [7, 11) is 0. The van der Waals surface area contributed by atoms with E-state index in [4.69, 9.17) is 10.8 Å². The first kappa shape index (κ1) is 14.1. The molecule has 1 rings (SSSR count). The van der Waals surface area contributed by atoms with Crippen molar-refractivity contribution in [3.63, 3.8) is 0 Å². The Labute approximate surface area is 105 Å². The second-order valence-corrected chi connectivity index (χ2v) is 5.04. The third-order valence-corrected chi connectivity index (χ3v) is 3.74. The van der Waals surface area contributed by atoms with Crippen LogP contribution in [0.2, 0.25) is 0 Å². The first-order valence-electron chi connectivity index (χ1n) is 5.55. The summed E-state index contributed by atoms with van der Waals surface area (Å²) in [6, 6.07) is -1.32. The summed E-state index contributed by atoms with van der Waals surface area (Å²) in [6.07, 6.45) is 3.00. The van der Waals surface area contributed by atoms with Gasteiger partial charge in [0.25, 0.3) is 0 Å². The maximum Gasteiger partial charge on any atom is 0.326 e. The number of rotatable bonds is 6. The molecule has 1 aliphatic heterocycles. The van der Waals surface area contributed by atoms with E-state index in [1.165, 1.54) is 16.7 Å². The van der Waals surface area contributed by atoms with Gasteiger partial charge < -0.3 is 15.7 Å². The number of carbonyl (C=O) groups excluding carboxylic acids is 1. The fourth-order valence-corrected chi connectivity index (χ4v) is 2.55. The van der Waals surface area contributed by atoms with Crippen molar-refractivity contribution in [1.29, 1.82) is 0 Å². The Balaban J connectivity index is 2.50. The number of aliphatic carboxylic acids is 1. The monoisotopic (exact) mass is 258 g/mol. The van der Waals surface area contributed by atoms with E-state index in [0.29, 0.717) is 18.7 Å². The van der Waals surface area contributed by atoms with Crippen molar-refractivity contribution in [2.75, 3.05) is 18.1 Å². The van der Waals surface area contributed by atoms with Crippen LogP contribution in [0.5, 0.6) is 0 Å². The zero-order valence-electron chi connectivity index (χ0n) is 9.67. The van der Waals surface area contributed by atoms with E-state index >= 15 is 0 Å². The number of carboxylic acids is 1. The predicted molar refractivity (Wildman–Crippen MR) is 67.9 cm³/mol. The SMILES string of the molecule is C=CCSC[C@H](N)C(=O)N1CCC[C@H]1C(=O)O. The van der Waals surface area contributed by atoms with Gasteiger partial charge in [-0.25, -0.2) is 4.79 Å². The molecule has 1 saturated heterocycles. The summed E-state index contributed by atoms with van der Waals surface area (Å²) < 4.78 is 0. The molecule has 1 fully saturated rings. The van der Waals surface area contributed by atoms with Crippen molar-refractivity contribution < 1.29 is 14.7 Å². The lowest BCUT2D eigenvalue weighted by Crippen LogP contribution is -2.49. The van der Waals surface area contributed by atoms with E-state index in [-0.39, 0.29) is 5.91 Å². The number of carboxylic acid groups (broad SMARTS) is 1. The van der Waals surface area contributed by atoms with Gasteiger partial charge >= 0.3 is 5.97 Å². The highest BCUT2D eigenvalue weighted by Crippen LogP contribution is 2.18. The lowest BCUT2D eigenvalue weighted by molar-refractivity contribution is -0.148. The normalized spacial score (nSPS) is 21.2. The predicted octanol–water partition coefficient (Wildman–Crippen LogP) is 0.309. The van der Waals surface area contributed by atoms with Gasteiger partial charge in [-0.2, -0.15) is 11.8 Å². The molecule has 1 amide bonds. The third-order valence-electron chi connectivity index (χ3n) is 2.67. The van der Waals surface area contributed by atoms with Crippen molar-refractivity contribution in [2.45, 2.75) is 24.9 Å². The van der Waals surface area contributed by atoms with E-state index < -0.39 is 18.1 Å². The summed E-state index contributed by atoms with van der Waals surface area (Å²) in [5, 5.41) is 8.98. The molecule has 6 heteroatoms. The largest absolute Gasteiger partial charge is 0.480 e. The summed E-state index contributed by atoms with van der Waals surface area (Å²) in [4.78, 5) is 24.3. The second kappa shape index (κ2) is 6.66. The number of amides is 1. The first-order chi connectivity index (χ1) is 8.07. The molecule has 0 radical (unpaired) electrons. The Hall–Kier alpha value is -1.01. The molecule has 5 nitrogen and oxygen atoms in total. The Morgan fingerprint density at radius 1 is 1.65 bits per heavy atom. The lowest BCUT2D eigenvalue weighted by atomic mass is 10.2. The van der Waals surface area contributed by atoms with Gasteiger partial charge in [-0.3, -0.25) is 4.79 Å². The maximum absolute atomic E-state index is 12.0. The number of carbonyl (C=O) groups is 2.